The maximum atomic E-state index is 12.0. The third-order valence-corrected chi connectivity index (χ3v) is 3.87. The number of pyridine rings is 1. The van der Waals surface area contributed by atoms with Gasteiger partial charge in [0.15, 0.2) is 0 Å². The molecular formula is C19H22ClN3O. The van der Waals surface area contributed by atoms with Crippen LogP contribution < -0.4 is 5.32 Å². The summed E-state index contributed by atoms with van der Waals surface area (Å²) in [5, 5.41) is 2.94. The highest BCUT2D eigenvalue weighted by Crippen LogP contribution is 2.25. The Bertz CT molecular complexity index is 860. The highest BCUT2D eigenvalue weighted by molar-refractivity contribution is 5.94. The van der Waals surface area contributed by atoms with Gasteiger partial charge in [-0.15, -0.1) is 12.4 Å². The summed E-state index contributed by atoms with van der Waals surface area (Å²) in [6.07, 6.45) is 2.01. The van der Waals surface area contributed by atoms with E-state index in [4.69, 9.17) is 0 Å². The van der Waals surface area contributed by atoms with Crippen LogP contribution in [0.4, 0.5) is 5.69 Å². The number of aromatic nitrogens is 2. The third kappa shape index (κ3) is 3.44. The Morgan fingerprint density at radius 2 is 1.75 bits per heavy atom. The maximum Gasteiger partial charge on any atom is 0.229 e. The quantitative estimate of drug-likeness (QED) is 0.732. The van der Waals surface area contributed by atoms with Crippen molar-refractivity contribution >= 4 is 29.6 Å². The number of carbonyl (C=O) groups excluding carboxylic acids is 1. The molecule has 0 spiro atoms. The first-order valence-corrected chi connectivity index (χ1v) is 7.72. The van der Waals surface area contributed by atoms with Crippen LogP contribution in [0.3, 0.4) is 0 Å². The first-order chi connectivity index (χ1) is 10.9. The van der Waals surface area contributed by atoms with Crippen molar-refractivity contribution < 1.29 is 4.79 Å². The molecule has 0 aliphatic carbocycles. The molecule has 0 bridgehead atoms. The van der Waals surface area contributed by atoms with E-state index in [0.717, 1.165) is 28.3 Å². The van der Waals surface area contributed by atoms with Gasteiger partial charge < -0.3 is 9.72 Å². The number of aryl methyl sites for hydroxylation is 1. The molecule has 2 heterocycles. The molecule has 0 fully saturated rings. The van der Waals surface area contributed by atoms with Crippen LogP contribution >= 0.6 is 12.4 Å². The normalized spacial score (nSPS) is 11.2. The fourth-order valence-electron chi connectivity index (χ4n) is 2.42. The molecule has 0 saturated carbocycles. The van der Waals surface area contributed by atoms with Gasteiger partial charge in [0.25, 0.3) is 0 Å². The smallest absolute Gasteiger partial charge is 0.229 e. The van der Waals surface area contributed by atoms with Crippen LogP contribution in [-0.4, -0.2) is 15.3 Å². The van der Waals surface area contributed by atoms with Crippen molar-refractivity contribution in [3.05, 3.63) is 54.4 Å². The van der Waals surface area contributed by atoms with Crippen LogP contribution in [-0.2, 0) is 4.79 Å². The fourth-order valence-corrected chi connectivity index (χ4v) is 2.42. The van der Waals surface area contributed by atoms with Gasteiger partial charge in [-0.2, -0.15) is 0 Å². The molecule has 4 nitrogen and oxygen atoms in total. The molecule has 3 aromatic rings. The van der Waals surface area contributed by atoms with E-state index in [0.29, 0.717) is 0 Å². The highest BCUT2D eigenvalue weighted by Gasteiger charge is 2.21. The van der Waals surface area contributed by atoms with Crippen molar-refractivity contribution in [3.8, 4) is 11.3 Å². The van der Waals surface area contributed by atoms with E-state index in [1.54, 1.807) is 0 Å². The largest absolute Gasteiger partial charge is 0.326 e. The molecule has 126 valence electrons. The van der Waals surface area contributed by atoms with Crippen LogP contribution in [0.2, 0.25) is 0 Å². The number of amides is 1. The lowest BCUT2D eigenvalue weighted by atomic mass is 9.95. The van der Waals surface area contributed by atoms with Gasteiger partial charge in [0.1, 0.15) is 5.65 Å². The third-order valence-electron chi connectivity index (χ3n) is 3.87. The summed E-state index contributed by atoms with van der Waals surface area (Å²) in [5.41, 5.74) is 4.44. The van der Waals surface area contributed by atoms with Gasteiger partial charge in [-0.05, 0) is 31.2 Å². The van der Waals surface area contributed by atoms with Crippen LogP contribution in [0, 0.1) is 12.3 Å². The van der Waals surface area contributed by atoms with Gasteiger partial charge in [-0.3, -0.25) is 4.79 Å². The number of rotatable bonds is 2. The number of hydrogen-bond donors (Lipinski definition) is 1. The second-order valence-corrected chi connectivity index (χ2v) is 6.76. The van der Waals surface area contributed by atoms with Gasteiger partial charge in [0.05, 0.1) is 5.69 Å². The number of fused-ring (bicyclic) bond motifs is 1. The molecule has 0 unspecified atom stereocenters. The number of benzene rings is 1. The van der Waals surface area contributed by atoms with Crippen molar-refractivity contribution in [2.45, 2.75) is 27.7 Å². The SMILES string of the molecule is Cc1c(-c2ccc(NC(=O)C(C)(C)C)cc2)nc2ccccn12.Cl. The molecule has 0 saturated heterocycles. The molecule has 1 N–H and O–H groups in total. The van der Waals surface area contributed by atoms with Gasteiger partial charge in [-0.1, -0.05) is 39.0 Å². The number of halogens is 1. The zero-order valence-corrected chi connectivity index (χ0v) is 15.1. The Morgan fingerprint density at radius 3 is 2.33 bits per heavy atom. The van der Waals surface area contributed by atoms with Crippen LogP contribution in [0.1, 0.15) is 26.5 Å². The second-order valence-electron chi connectivity index (χ2n) is 6.76. The average molecular weight is 344 g/mol. The summed E-state index contributed by atoms with van der Waals surface area (Å²) in [5.74, 6) is 0.00848. The highest BCUT2D eigenvalue weighted by atomic mass is 35.5. The molecule has 1 amide bonds. The van der Waals surface area contributed by atoms with E-state index >= 15 is 0 Å². The average Bonchev–Trinajstić information content (AvgIpc) is 2.85. The molecule has 0 aliphatic heterocycles. The minimum Gasteiger partial charge on any atom is -0.326 e. The molecule has 0 radical (unpaired) electrons. The van der Waals surface area contributed by atoms with Crippen molar-refractivity contribution in [2.24, 2.45) is 5.41 Å². The molecular weight excluding hydrogens is 322 g/mol. The zero-order chi connectivity index (χ0) is 16.6. The number of nitrogens with zero attached hydrogens (tertiary/aromatic N) is 2. The molecule has 5 heteroatoms. The summed E-state index contributed by atoms with van der Waals surface area (Å²) in [6.45, 7) is 7.76. The number of imidazole rings is 1. The van der Waals surface area contributed by atoms with Crippen molar-refractivity contribution in [1.29, 1.82) is 0 Å². The van der Waals surface area contributed by atoms with Crippen molar-refractivity contribution in [1.82, 2.24) is 9.38 Å². The Kier molecular flexibility index (Phi) is 4.99. The van der Waals surface area contributed by atoms with Crippen molar-refractivity contribution in [2.75, 3.05) is 5.32 Å². The summed E-state index contributed by atoms with van der Waals surface area (Å²) < 4.78 is 2.07. The summed E-state index contributed by atoms with van der Waals surface area (Å²) in [6, 6.07) is 13.8. The maximum absolute atomic E-state index is 12.0. The molecule has 3 rings (SSSR count). The Hall–Kier alpha value is -2.33. The van der Waals surface area contributed by atoms with E-state index in [-0.39, 0.29) is 18.3 Å². The minimum atomic E-state index is -0.406. The molecule has 2 aromatic heterocycles. The number of hydrogen-bond acceptors (Lipinski definition) is 2. The summed E-state index contributed by atoms with van der Waals surface area (Å²) in [7, 11) is 0. The van der Waals surface area contributed by atoms with Crippen LogP contribution in [0.15, 0.2) is 48.7 Å². The van der Waals surface area contributed by atoms with Gasteiger partial charge in [-0.25, -0.2) is 4.98 Å². The first-order valence-electron chi connectivity index (χ1n) is 7.72. The van der Waals surface area contributed by atoms with E-state index in [1.165, 1.54) is 0 Å². The molecule has 0 atom stereocenters. The zero-order valence-electron chi connectivity index (χ0n) is 14.3. The predicted molar refractivity (Wildman–Crippen MR) is 101 cm³/mol. The number of nitrogens with one attached hydrogen (secondary N) is 1. The van der Waals surface area contributed by atoms with Gasteiger partial charge >= 0.3 is 0 Å². The molecule has 1 aromatic carbocycles. The second kappa shape index (κ2) is 6.65. The van der Waals surface area contributed by atoms with E-state index < -0.39 is 5.41 Å². The number of anilines is 1. The monoisotopic (exact) mass is 343 g/mol. The Morgan fingerprint density at radius 1 is 1.08 bits per heavy atom. The lowest BCUT2D eigenvalue weighted by molar-refractivity contribution is -0.123. The van der Waals surface area contributed by atoms with E-state index in [1.807, 2.05) is 69.4 Å². The van der Waals surface area contributed by atoms with Crippen molar-refractivity contribution in [3.63, 3.8) is 0 Å². The number of carbonyl (C=O) groups is 1. The molecule has 24 heavy (non-hydrogen) atoms. The topological polar surface area (TPSA) is 46.4 Å². The van der Waals surface area contributed by atoms with E-state index in [2.05, 4.69) is 21.6 Å². The van der Waals surface area contributed by atoms with Gasteiger partial charge in [0.2, 0.25) is 5.91 Å². The fraction of sp³-hybridized carbons (Fsp3) is 0.263. The predicted octanol–water partition coefficient (Wildman–Crippen LogP) is 4.72. The standard InChI is InChI=1S/C19H21N3O.ClH/c1-13-17(21-16-7-5-6-12-22(13)16)14-8-10-15(11-9-14)20-18(23)19(2,3)4;/h5-12H,1-4H3,(H,20,23);1H. The van der Waals surface area contributed by atoms with E-state index in [9.17, 15) is 4.79 Å². The first kappa shape index (κ1) is 18.0. The van der Waals surface area contributed by atoms with Crippen LogP contribution in [0.25, 0.3) is 16.9 Å². The summed E-state index contributed by atoms with van der Waals surface area (Å²) in [4.78, 5) is 16.7. The Balaban J connectivity index is 0.00000208. The Labute approximate surface area is 148 Å². The van der Waals surface area contributed by atoms with Crippen LogP contribution in [0.5, 0.6) is 0 Å². The lowest BCUT2D eigenvalue weighted by Crippen LogP contribution is -2.27. The minimum absolute atomic E-state index is 0. The lowest BCUT2D eigenvalue weighted by Gasteiger charge is -2.17. The molecule has 0 aliphatic rings. The van der Waals surface area contributed by atoms with Gasteiger partial charge in [0, 0.05) is 28.6 Å². The summed E-state index contributed by atoms with van der Waals surface area (Å²) >= 11 is 0.